The maximum Gasteiger partial charge on any atom is 0.182 e. The Hall–Kier alpha value is -3.20. The van der Waals surface area contributed by atoms with Gasteiger partial charge in [0.1, 0.15) is 17.2 Å². The van der Waals surface area contributed by atoms with Crippen LogP contribution in [0.25, 0.3) is 11.2 Å². The fraction of sp³-hybridized carbons (Fsp3) is 0.538. The second kappa shape index (κ2) is 9.45. The SMILES string of the molecule is Cc1nc2nc(C3CCOCC3)nc(C3CCn4ccnc4C3)c2nc1C.c1cnn(C2CC2)c1. The van der Waals surface area contributed by atoms with E-state index in [9.17, 15) is 0 Å². The number of aryl methyl sites for hydroxylation is 3. The van der Waals surface area contributed by atoms with Crippen LogP contribution in [0.5, 0.6) is 0 Å². The van der Waals surface area contributed by atoms with Gasteiger partial charge in [-0.15, -0.1) is 0 Å². The van der Waals surface area contributed by atoms with Gasteiger partial charge in [0.25, 0.3) is 0 Å². The number of rotatable bonds is 3. The van der Waals surface area contributed by atoms with Crippen molar-refractivity contribution in [2.24, 2.45) is 0 Å². The zero-order valence-electron chi connectivity index (χ0n) is 20.5. The van der Waals surface area contributed by atoms with E-state index in [2.05, 4.69) is 20.8 Å². The van der Waals surface area contributed by atoms with Gasteiger partial charge < -0.3 is 9.30 Å². The number of ether oxygens (including phenoxy) is 1. The predicted molar refractivity (Wildman–Crippen MR) is 131 cm³/mol. The maximum absolute atomic E-state index is 5.53. The third kappa shape index (κ3) is 4.69. The second-order valence-corrected chi connectivity index (χ2v) is 9.86. The molecule has 7 rings (SSSR count). The van der Waals surface area contributed by atoms with Crippen LogP contribution >= 0.6 is 0 Å². The number of hydrogen-bond acceptors (Lipinski definition) is 7. The summed E-state index contributed by atoms with van der Waals surface area (Å²) >= 11 is 0. The van der Waals surface area contributed by atoms with E-state index in [1.807, 2.05) is 43.2 Å². The molecule has 3 aliphatic rings. The van der Waals surface area contributed by atoms with E-state index in [4.69, 9.17) is 24.7 Å². The van der Waals surface area contributed by atoms with E-state index in [1.165, 1.54) is 12.8 Å². The summed E-state index contributed by atoms with van der Waals surface area (Å²) in [6.45, 7) is 6.53. The average molecular weight is 473 g/mol. The molecule has 9 heteroatoms. The van der Waals surface area contributed by atoms with Crippen molar-refractivity contribution in [2.45, 2.75) is 76.8 Å². The first kappa shape index (κ1) is 22.3. The lowest BCUT2D eigenvalue weighted by atomic mass is 9.92. The highest BCUT2D eigenvalue weighted by Gasteiger charge is 2.28. The third-order valence-corrected chi connectivity index (χ3v) is 7.35. The van der Waals surface area contributed by atoms with Gasteiger partial charge in [0, 0.05) is 62.8 Å². The molecule has 0 bridgehead atoms. The summed E-state index contributed by atoms with van der Waals surface area (Å²) < 4.78 is 9.79. The molecule has 1 saturated heterocycles. The lowest BCUT2D eigenvalue weighted by Crippen LogP contribution is -2.22. The highest BCUT2D eigenvalue weighted by Crippen LogP contribution is 2.34. The van der Waals surface area contributed by atoms with Crippen molar-refractivity contribution in [1.82, 2.24) is 39.3 Å². The van der Waals surface area contributed by atoms with Gasteiger partial charge in [-0.3, -0.25) is 4.68 Å². The van der Waals surface area contributed by atoms with E-state index in [1.54, 1.807) is 0 Å². The van der Waals surface area contributed by atoms with Gasteiger partial charge in [0.15, 0.2) is 5.65 Å². The number of nitrogens with zero attached hydrogens (tertiary/aromatic N) is 8. The lowest BCUT2D eigenvalue weighted by molar-refractivity contribution is 0.0836. The Bertz CT molecular complexity index is 1300. The van der Waals surface area contributed by atoms with Crippen LogP contribution in [-0.4, -0.2) is 52.5 Å². The number of fused-ring (bicyclic) bond motifs is 2. The Morgan fingerprint density at radius 1 is 0.857 bits per heavy atom. The molecular weight excluding hydrogens is 440 g/mol. The molecule has 1 unspecified atom stereocenters. The van der Waals surface area contributed by atoms with Crippen molar-refractivity contribution >= 4 is 11.2 Å². The first-order chi connectivity index (χ1) is 17.2. The van der Waals surface area contributed by atoms with E-state index < -0.39 is 0 Å². The summed E-state index contributed by atoms with van der Waals surface area (Å²) in [5.41, 5.74) is 4.52. The average Bonchev–Trinajstić information content (AvgIpc) is 3.38. The van der Waals surface area contributed by atoms with Crippen molar-refractivity contribution in [3.63, 3.8) is 0 Å². The molecule has 1 atom stereocenters. The van der Waals surface area contributed by atoms with Crippen molar-refractivity contribution in [3.05, 3.63) is 59.6 Å². The van der Waals surface area contributed by atoms with Gasteiger partial charge in [-0.2, -0.15) is 5.10 Å². The molecule has 182 valence electrons. The quantitative estimate of drug-likeness (QED) is 0.443. The van der Waals surface area contributed by atoms with E-state index in [0.717, 1.165) is 91.4 Å². The van der Waals surface area contributed by atoms with Gasteiger partial charge in [-0.1, -0.05) is 0 Å². The fourth-order valence-electron chi connectivity index (χ4n) is 4.99. The molecule has 0 radical (unpaired) electrons. The molecular formula is C26H32N8O. The molecule has 2 aliphatic heterocycles. The molecule has 0 N–H and O–H groups in total. The van der Waals surface area contributed by atoms with Crippen LogP contribution in [0.2, 0.25) is 0 Å². The second-order valence-electron chi connectivity index (χ2n) is 9.86. The summed E-state index contributed by atoms with van der Waals surface area (Å²) in [7, 11) is 0. The highest BCUT2D eigenvalue weighted by molar-refractivity contribution is 5.73. The summed E-state index contributed by atoms with van der Waals surface area (Å²) in [5, 5.41) is 4.09. The first-order valence-corrected chi connectivity index (χ1v) is 12.8. The maximum atomic E-state index is 5.53. The molecule has 9 nitrogen and oxygen atoms in total. The van der Waals surface area contributed by atoms with Crippen molar-refractivity contribution in [3.8, 4) is 0 Å². The van der Waals surface area contributed by atoms with E-state index in [-0.39, 0.29) is 0 Å². The number of hydrogen-bond donors (Lipinski definition) is 0. The molecule has 0 amide bonds. The Balaban J connectivity index is 0.000000240. The number of aromatic nitrogens is 8. The largest absolute Gasteiger partial charge is 0.381 e. The van der Waals surface area contributed by atoms with Gasteiger partial charge >= 0.3 is 0 Å². The van der Waals surface area contributed by atoms with E-state index >= 15 is 0 Å². The standard InChI is InChI=1S/C20H24N6O.C6H8N2/c1-12-13(2)23-20-18(22-12)17(15-3-7-26-8-6-21-16(26)11-15)24-19(25-20)14-4-9-27-10-5-14;1-4-7-8(5-1)6-2-3-6/h6,8,14-15H,3-5,7,9-11H2,1-2H3;1,4-6H,2-3H2. The van der Waals surface area contributed by atoms with Gasteiger partial charge in [-0.25, -0.2) is 24.9 Å². The third-order valence-electron chi connectivity index (χ3n) is 7.35. The van der Waals surface area contributed by atoms with Crippen LogP contribution in [0.1, 0.15) is 78.7 Å². The molecule has 35 heavy (non-hydrogen) atoms. The highest BCUT2D eigenvalue weighted by atomic mass is 16.5. The molecule has 6 heterocycles. The molecule has 0 aromatic carbocycles. The summed E-state index contributed by atoms with van der Waals surface area (Å²) in [4.78, 5) is 24.0. The van der Waals surface area contributed by atoms with Crippen molar-refractivity contribution < 1.29 is 4.74 Å². The molecule has 0 spiro atoms. The lowest BCUT2D eigenvalue weighted by Gasteiger charge is -2.26. The van der Waals surface area contributed by atoms with Gasteiger partial charge in [0.2, 0.25) is 0 Å². The fourth-order valence-corrected chi connectivity index (χ4v) is 4.99. The summed E-state index contributed by atoms with van der Waals surface area (Å²) in [6, 6.07) is 2.71. The van der Waals surface area contributed by atoms with Crippen LogP contribution in [-0.2, 0) is 17.7 Å². The number of imidazole rings is 1. The zero-order valence-corrected chi connectivity index (χ0v) is 20.5. The monoisotopic (exact) mass is 472 g/mol. The molecule has 4 aromatic rings. The minimum absolute atomic E-state index is 0.306. The normalized spacial score (nSPS) is 20.3. The summed E-state index contributed by atoms with van der Waals surface area (Å²) in [5.74, 6) is 2.69. The van der Waals surface area contributed by atoms with Crippen molar-refractivity contribution in [1.29, 1.82) is 0 Å². The van der Waals surface area contributed by atoms with Gasteiger partial charge in [-0.05, 0) is 52.0 Å². The van der Waals surface area contributed by atoms with Crippen LogP contribution in [0.4, 0.5) is 0 Å². The van der Waals surface area contributed by atoms with Crippen LogP contribution < -0.4 is 0 Å². The molecule has 4 aromatic heterocycles. The molecule has 2 fully saturated rings. The molecule has 1 saturated carbocycles. The Morgan fingerprint density at radius 3 is 2.46 bits per heavy atom. The minimum Gasteiger partial charge on any atom is -0.381 e. The topological polar surface area (TPSA) is 96.4 Å². The predicted octanol–water partition coefficient (Wildman–Crippen LogP) is 4.08. The Morgan fingerprint density at radius 2 is 1.69 bits per heavy atom. The Labute approximate surface area is 205 Å². The van der Waals surface area contributed by atoms with Crippen LogP contribution in [0.15, 0.2) is 30.9 Å². The Kier molecular flexibility index (Phi) is 6.01. The molecule has 1 aliphatic carbocycles. The van der Waals surface area contributed by atoms with Crippen LogP contribution in [0, 0.1) is 13.8 Å². The van der Waals surface area contributed by atoms with E-state index in [0.29, 0.717) is 11.8 Å². The van der Waals surface area contributed by atoms with Crippen LogP contribution in [0.3, 0.4) is 0 Å². The smallest absolute Gasteiger partial charge is 0.182 e. The first-order valence-electron chi connectivity index (χ1n) is 12.8. The van der Waals surface area contributed by atoms with Gasteiger partial charge in [0.05, 0.1) is 23.1 Å². The minimum atomic E-state index is 0.306. The van der Waals surface area contributed by atoms with Crippen molar-refractivity contribution in [2.75, 3.05) is 13.2 Å². The zero-order chi connectivity index (χ0) is 23.8. The summed E-state index contributed by atoms with van der Waals surface area (Å²) in [6.07, 6.45) is 14.3.